The van der Waals surface area contributed by atoms with E-state index < -0.39 is 0 Å². The van der Waals surface area contributed by atoms with Crippen LogP contribution in [0, 0.1) is 0 Å². The largest absolute Gasteiger partial charge is 0.396 e. The molecule has 0 fully saturated rings. The summed E-state index contributed by atoms with van der Waals surface area (Å²) in [7, 11) is 0. The smallest absolute Gasteiger partial charge is 0.0431 e. The molecule has 0 radical (unpaired) electrons. The predicted octanol–water partition coefficient (Wildman–Crippen LogP) is 3.09. The van der Waals surface area contributed by atoms with Crippen LogP contribution in [0.4, 0.5) is 0 Å². The molecular formula is C16H21NO. The maximum Gasteiger partial charge on any atom is 0.0431 e. The van der Waals surface area contributed by atoms with E-state index in [1.54, 1.807) is 0 Å². The van der Waals surface area contributed by atoms with Gasteiger partial charge >= 0.3 is 0 Å². The lowest BCUT2D eigenvalue weighted by Crippen LogP contribution is -2.14. The molecule has 0 bridgehead atoms. The first-order valence-electron chi connectivity index (χ1n) is 6.70. The van der Waals surface area contributed by atoms with E-state index in [1.807, 2.05) is 0 Å². The number of aliphatic hydroxyl groups excluding tert-OH is 1. The van der Waals surface area contributed by atoms with Gasteiger partial charge in [-0.2, -0.15) is 0 Å². The van der Waals surface area contributed by atoms with E-state index in [9.17, 15) is 0 Å². The monoisotopic (exact) mass is 243 g/mol. The zero-order chi connectivity index (χ0) is 12.6. The molecular weight excluding hydrogens is 222 g/mol. The van der Waals surface area contributed by atoms with Crippen molar-refractivity contribution in [2.24, 2.45) is 0 Å². The summed E-state index contributed by atoms with van der Waals surface area (Å²) in [6, 6.07) is 15.0. The maximum atomic E-state index is 8.70. The average molecular weight is 243 g/mol. The quantitative estimate of drug-likeness (QED) is 0.732. The number of fused-ring (bicyclic) bond motifs is 1. The molecule has 0 aromatic heterocycles. The summed E-state index contributed by atoms with van der Waals surface area (Å²) in [6.45, 7) is 2.24. The van der Waals surface area contributed by atoms with Crippen molar-refractivity contribution in [1.82, 2.24) is 5.32 Å². The van der Waals surface area contributed by atoms with E-state index in [1.165, 1.54) is 16.3 Å². The third-order valence-corrected chi connectivity index (χ3v) is 3.21. The molecule has 0 amide bonds. The van der Waals surface area contributed by atoms with Crippen molar-refractivity contribution < 1.29 is 5.11 Å². The Morgan fingerprint density at radius 3 is 2.61 bits per heavy atom. The molecule has 2 N–H and O–H groups in total. The molecule has 0 atom stereocenters. The molecule has 0 spiro atoms. The zero-order valence-corrected chi connectivity index (χ0v) is 10.7. The lowest BCUT2D eigenvalue weighted by Gasteiger charge is -2.08. The van der Waals surface area contributed by atoms with Crippen LogP contribution in [-0.2, 0) is 6.54 Å². The number of hydrogen-bond donors (Lipinski definition) is 2. The van der Waals surface area contributed by atoms with Gasteiger partial charge in [0.15, 0.2) is 0 Å². The number of aliphatic hydroxyl groups is 1. The van der Waals surface area contributed by atoms with Gasteiger partial charge in [-0.15, -0.1) is 0 Å². The van der Waals surface area contributed by atoms with Gasteiger partial charge in [-0.1, -0.05) is 42.5 Å². The van der Waals surface area contributed by atoms with Gasteiger partial charge in [0.1, 0.15) is 0 Å². The fourth-order valence-electron chi connectivity index (χ4n) is 2.21. The van der Waals surface area contributed by atoms with Crippen LogP contribution in [0.1, 0.15) is 24.8 Å². The molecule has 0 saturated heterocycles. The number of rotatable bonds is 7. The highest BCUT2D eigenvalue weighted by Gasteiger charge is 1.99. The molecule has 2 heteroatoms. The van der Waals surface area contributed by atoms with Gasteiger partial charge < -0.3 is 10.4 Å². The van der Waals surface area contributed by atoms with Crippen LogP contribution in [-0.4, -0.2) is 18.3 Å². The van der Waals surface area contributed by atoms with E-state index in [4.69, 9.17) is 5.11 Å². The minimum absolute atomic E-state index is 0.309. The number of hydrogen-bond acceptors (Lipinski definition) is 2. The molecule has 18 heavy (non-hydrogen) atoms. The highest BCUT2D eigenvalue weighted by atomic mass is 16.2. The summed E-state index contributed by atoms with van der Waals surface area (Å²) in [5, 5.41) is 14.8. The van der Waals surface area contributed by atoms with E-state index in [0.717, 1.165) is 32.4 Å². The fraction of sp³-hybridized carbons (Fsp3) is 0.375. The molecule has 2 nitrogen and oxygen atoms in total. The van der Waals surface area contributed by atoms with Crippen molar-refractivity contribution in [3.05, 3.63) is 48.0 Å². The Balaban J connectivity index is 1.88. The SMILES string of the molecule is OCCCCCNCc1cccc2ccccc12. The second kappa shape index (κ2) is 7.14. The Morgan fingerprint density at radius 1 is 0.889 bits per heavy atom. The van der Waals surface area contributed by atoms with Crippen molar-refractivity contribution in [2.75, 3.05) is 13.2 Å². The van der Waals surface area contributed by atoms with Crippen LogP contribution < -0.4 is 5.32 Å². The first-order chi connectivity index (χ1) is 8.92. The second-order valence-corrected chi connectivity index (χ2v) is 4.60. The minimum atomic E-state index is 0.309. The average Bonchev–Trinajstić information content (AvgIpc) is 2.43. The van der Waals surface area contributed by atoms with Crippen molar-refractivity contribution in [3.8, 4) is 0 Å². The van der Waals surface area contributed by atoms with E-state index in [0.29, 0.717) is 6.61 Å². The van der Waals surface area contributed by atoms with Gasteiger partial charge in [0.2, 0.25) is 0 Å². The molecule has 2 aromatic carbocycles. The Morgan fingerprint density at radius 2 is 1.72 bits per heavy atom. The van der Waals surface area contributed by atoms with Crippen LogP contribution in [0.5, 0.6) is 0 Å². The minimum Gasteiger partial charge on any atom is -0.396 e. The van der Waals surface area contributed by atoms with Gasteiger partial charge in [-0.3, -0.25) is 0 Å². The molecule has 0 aliphatic carbocycles. The van der Waals surface area contributed by atoms with Gasteiger partial charge in [-0.05, 0) is 42.1 Å². The van der Waals surface area contributed by atoms with Crippen molar-refractivity contribution in [1.29, 1.82) is 0 Å². The Kier molecular flexibility index (Phi) is 5.18. The maximum absolute atomic E-state index is 8.70. The summed E-state index contributed by atoms with van der Waals surface area (Å²) in [4.78, 5) is 0. The van der Waals surface area contributed by atoms with Crippen LogP contribution >= 0.6 is 0 Å². The fourth-order valence-corrected chi connectivity index (χ4v) is 2.21. The molecule has 0 unspecified atom stereocenters. The Bertz CT molecular complexity index is 476. The molecule has 0 aliphatic heterocycles. The topological polar surface area (TPSA) is 32.3 Å². The summed E-state index contributed by atoms with van der Waals surface area (Å²) in [6.07, 6.45) is 3.14. The van der Waals surface area contributed by atoms with Gasteiger partial charge in [-0.25, -0.2) is 0 Å². The molecule has 0 saturated carbocycles. The van der Waals surface area contributed by atoms with E-state index >= 15 is 0 Å². The van der Waals surface area contributed by atoms with Crippen molar-refractivity contribution >= 4 is 10.8 Å². The molecule has 2 aromatic rings. The third kappa shape index (κ3) is 3.56. The highest BCUT2D eigenvalue weighted by Crippen LogP contribution is 2.18. The first-order valence-corrected chi connectivity index (χ1v) is 6.70. The van der Waals surface area contributed by atoms with Gasteiger partial charge in [0.25, 0.3) is 0 Å². The highest BCUT2D eigenvalue weighted by molar-refractivity contribution is 5.85. The molecule has 0 heterocycles. The third-order valence-electron chi connectivity index (χ3n) is 3.21. The van der Waals surface area contributed by atoms with Crippen LogP contribution in [0.3, 0.4) is 0 Å². The summed E-state index contributed by atoms with van der Waals surface area (Å²) >= 11 is 0. The lowest BCUT2D eigenvalue weighted by molar-refractivity contribution is 0.283. The summed E-state index contributed by atoms with van der Waals surface area (Å²) in [5.74, 6) is 0. The van der Waals surface area contributed by atoms with Crippen LogP contribution in [0.25, 0.3) is 10.8 Å². The number of benzene rings is 2. The Hall–Kier alpha value is -1.38. The summed E-state index contributed by atoms with van der Waals surface area (Å²) in [5.41, 5.74) is 1.36. The molecule has 2 rings (SSSR count). The van der Waals surface area contributed by atoms with Crippen LogP contribution in [0.2, 0.25) is 0 Å². The van der Waals surface area contributed by atoms with Crippen LogP contribution in [0.15, 0.2) is 42.5 Å². The molecule has 96 valence electrons. The lowest BCUT2D eigenvalue weighted by atomic mass is 10.0. The van der Waals surface area contributed by atoms with E-state index in [-0.39, 0.29) is 0 Å². The first kappa shape index (κ1) is 13.1. The zero-order valence-electron chi connectivity index (χ0n) is 10.7. The normalized spacial score (nSPS) is 10.9. The molecule has 0 aliphatic rings. The predicted molar refractivity (Wildman–Crippen MR) is 76.6 cm³/mol. The Labute approximate surface area is 109 Å². The van der Waals surface area contributed by atoms with E-state index in [2.05, 4.69) is 47.8 Å². The van der Waals surface area contributed by atoms with Crippen molar-refractivity contribution in [3.63, 3.8) is 0 Å². The summed E-state index contributed by atoms with van der Waals surface area (Å²) < 4.78 is 0. The van der Waals surface area contributed by atoms with Gasteiger partial charge in [0, 0.05) is 13.2 Å². The number of unbranched alkanes of at least 4 members (excludes halogenated alkanes) is 2. The number of nitrogens with one attached hydrogen (secondary N) is 1. The van der Waals surface area contributed by atoms with Crippen molar-refractivity contribution in [2.45, 2.75) is 25.8 Å². The second-order valence-electron chi connectivity index (χ2n) is 4.60. The standard InChI is InChI=1S/C16H21NO/c18-12-5-1-4-11-17-13-15-9-6-8-14-7-2-3-10-16(14)15/h2-3,6-10,17-18H,1,4-5,11-13H2. The van der Waals surface area contributed by atoms with Gasteiger partial charge in [0.05, 0.1) is 0 Å².